The molecule has 3 rings (SSSR count). The molecule has 0 saturated carbocycles. The first-order valence-corrected chi connectivity index (χ1v) is 6.94. The second-order valence-electron chi connectivity index (χ2n) is 4.78. The summed E-state index contributed by atoms with van der Waals surface area (Å²) in [7, 11) is 0. The molecule has 0 spiro atoms. The highest BCUT2D eigenvalue weighted by atomic mass is 32.1. The first kappa shape index (κ1) is 11.7. The molecule has 1 aromatic heterocycles. The van der Waals surface area contributed by atoms with Crippen molar-refractivity contribution in [1.82, 2.24) is 4.90 Å². The highest BCUT2D eigenvalue weighted by Gasteiger charge is 2.29. The lowest BCUT2D eigenvalue weighted by Gasteiger charge is -2.14. The summed E-state index contributed by atoms with van der Waals surface area (Å²) in [6.07, 6.45) is 0.487. The molecule has 94 valence electrons. The largest absolute Gasteiger partial charge is 0.396 e. The number of aliphatic hydroxyl groups is 1. The minimum absolute atomic E-state index is 0.106. The van der Waals surface area contributed by atoms with E-state index >= 15 is 0 Å². The van der Waals surface area contributed by atoms with Gasteiger partial charge in [-0.3, -0.25) is 4.79 Å². The van der Waals surface area contributed by atoms with Crippen molar-refractivity contribution in [2.45, 2.75) is 13.0 Å². The van der Waals surface area contributed by atoms with Crippen molar-refractivity contribution < 1.29 is 9.90 Å². The monoisotopic (exact) mass is 261 g/mol. The number of likely N-dealkylation sites (tertiary alicyclic amines) is 1. The second kappa shape index (κ2) is 4.71. The predicted molar refractivity (Wildman–Crippen MR) is 72.4 cm³/mol. The SMILES string of the molecule is O=C1CC(CO)CN1Cc1cc2ccccc2s1. The van der Waals surface area contributed by atoms with E-state index in [0.717, 1.165) is 0 Å². The molecule has 1 aliphatic rings. The third kappa shape index (κ3) is 2.13. The summed E-state index contributed by atoms with van der Waals surface area (Å²) in [5, 5.41) is 10.3. The Morgan fingerprint density at radius 3 is 2.94 bits per heavy atom. The second-order valence-corrected chi connectivity index (χ2v) is 5.95. The first-order valence-electron chi connectivity index (χ1n) is 6.12. The molecule has 1 amide bonds. The lowest BCUT2D eigenvalue weighted by Crippen LogP contribution is -2.24. The van der Waals surface area contributed by atoms with Crippen LogP contribution in [0.3, 0.4) is 0 Å². The fraction of sp³-hybridized carbons (Fsp3) is 0.357. The van der Waals surface area contributed by atoms with E-state index in [9.17, 15) is 4.79 Å². The minimum atomic E-state index is 0.106. The Hall–Kier alpha value is -1.39. The van der Waals surface area contributed by atoms with Crippen LogP contribution in [0, 0.1) is 5.92 Å². The van der Waals surface area contributed by atoms with Crippen LogP contribution in [-0.4, -0.2) is 29.1 Å². The number of amides is 1. The number of fused-ring (bicyclic) bond motifs is 1. The van der Waals surface area contributed by atoms with Crippen LogP contribution >= 0.6 is 11.3 Å². The van der Waals surface area contributed by atoms with Gasteiger partial charge in [-0.15, -0.1) is 11.3 Å². The summed E-state index contributed by atoms with van der Waals surface area (Å²) in [4.78, 5) is 14.8. The smallest absolute Gasteiger partial charge is 0.223 e. The van der Waals surface area contributed by atoms with Crippen molar-refractivity contribution in [3.8, 4) is 0 Å². The minimum Gasteiger partial charge on any atom is -0.396 e. The average Bonchev–Trinajstić information content (AvgIpc) is 2.93. The lowest BCUT2D eigenvalue weighted by molar-refractivity contribution is -0.128. The zero-order chi connectivity index (χ0) is 12.5. The summed E-state index contributed by atoms with van der Waals surface area (Å²) in [5.41, 5.74) is 0. The maximum absolute atomic E-state index is 11.8. The zero-order valence-corrected chi connectivity index (χ0v) is 10.8. The van der Waals surface area contributed by atoms with Crippen molar-refractivity contribution >= 4 is 27.3 Å². The van der Waals surface area contributed by atoms with Gasteiger partial charge in [0.25, 0.3) is 0 Å². The van der Waals surface area contributed by atoms with Crippen LogP contribution < -0.4 is 0 Å². The van der Waals surface area contributed by atoms with Crippen LogP contribution in [0.4, 0.5) is 0 Å². The van der Waals surface area contributed by atoms with Gasteiger partial charge in [-0.25, -0.2) is 0 Å². The van der Waals surface area contributed by atoms with Crippen LogP contribution in [0.5, 0.6) is 0 Å². The number of hydrogen-bond acceptors (Lipinski definition) is 3. The molecular weight excluding hydrogens is 246 g/mol. The van der Waals surface area contributed by atoms with Crippen molar-refractivity contribution in [3.05, 3.63) is 35.2 Å². The number of carbonyl (C=O) groups is 1. The molecule has 0 radical (unpaired) electrons. The lowest BCUT2D eigenvalue weighted by atomic mass is 10.1. The summed E-state index contributed by atoms with van der Waals surface area (Å²) in [5.74, 6) is 0.276. The van der Waals surface area contributed by atoms with E-state index in [4.69, 9.17) is 5.11 Å². The third-order valence-corrected chi connectivity index (χ3v) is 4.48. The van der Waals surface area contributed by atoms with E-state index in [1.54, 1.807) is 11.3 Å². The molecule has 18 heavy (non-hydrogen) atoms. The normalized spacial score (nSPS) is 19.9. The van der Waals surface area contributed by atoms with E-state index in [0.29, 0.717) is 19.5 Å². The molecule has 0 bridgehead atoms. The standard InChI is InChI=1S/C14H15NO2S/c16-9-10-5-14(17)15(7-10)8-12-6-11-3-1-2-4-13(11)18-12/h1-4,6,10,16H,5,7-9H2. The third-order valence-electron chi connectivity index (χ3n) is 3.38. The van der Waals surface area contributed by atoms with Crippen LogP contribution in [0.1, 0.15) is 11.3 Å². The highest BCUT2D eigenvalue weighted by molar-refractivity contribution is 7.19. The maximum atomic E-state index is 11.8. The van der Waals surface area contributed by atoms with Gasteiger partial charge in [0.15, 0.2) is 0 Å². The van der Waals surface area contributed by atoms with Gasteiger partial charge >= 0.3 is 0 Å². The Morgan fingerprint density at radius 1 is 1.39 bits per heavy atom. The Balaban J connectivity index is 1.78. The molecule has 2 aromatic rings. The van der Waals surface area contributed by atoms with Gasteiger partial charge in [0.05, 0.1) is 6.54 Å². The van der Waals surface area contributed by atoms with Crippen molar-refractivity contribution in [1.29, 1.82) is 0 Å². The number of rotatable bonds is 3. The molecule has 1 saturated heterocycles. The van der Waals surface area contributed by atoms with Gasteiger partial charge in [0, 0.05) is 35.1 Å². The van der Waals surface area contributed by atoms with E-state index in [2.05, 4.69) is 18.2 Å². The van der Waals surface area contributed by atoms with Gasteiger partial charge in [0.2, 0.25) is 5.91 Å². The van der Waals surface area contributed by atoms with E-state index in [1.807, 2.05) is 17.0 Å². The molecule has 1 N–H and O–H groups in total. The fourth-order valence-electron chi connectivity index (χ4n) is 2.43. The van der Waals surface area contributed by atoms with Gasteiger partial charge in [0.1, 0.15) is 0 Å². The molecule has 1 aromatic carbocycles. The first-order chi connectivity index (χ1) is 8.76. The molecule has 2 heterocycles. The summed E-state index contributed by atoms with van der Waals surface area (Å²) in [6, 6.07) is 10.4. The molecule has 1 aliphatic heterocycles. The number of thiophene rings is 1. The van der Waals surface area contributed by atoms with E-state index in [1.165, 1.54) is 15.0 Å². The molecule has 3 nitrogen and oxygen atoms in total. The van der Waals surface area contributed by atoms with Crippen molar-refractivity contribution in [2.24, 2.45) is 5.92 Å². The number of hydrogen-bond donors (Lipinski definition) is 1. The average molecular weight is 261 g/mol. The van der Waals surface area contributed by atoms with Crippen LogP contribution in [0.25, 0.3) is 10.1 Å². The van der Waals surface area contributed by atoms with Crippen molar-refractivity contribution in [2.75, 3.05) is 13.2 Å². The predicted octanol–water partition coefficient (Wildman–Crippen LogP) is 2.24. The molecule has 1 fully saturated rings. The maximum Gasteiger partial charge on any atom is 0.223 e. The number of benzene rings is 1. The topological polar surface area (TPSA) is 40.5 Å². The van der Waals surface area contributed by atoms with Crippen LogP contribution in [0.15, 0.2) is 30.3 Å². The van der Waals surface area contributed by atoms with Crippen molar-refractivity contribution in [3.63, 3.8) is 0 Å². The summed E-state index contributed by atoms with van der Waals surface area (Å²) >= 11 is 1.74. The zero-order valence-electron chi connectivity index (χ0n) is 10.0. The Bertz CT molecular complexity index is 545. The van der Waals surface area contributed by atoms with Crippen LogP contribution in [-0.2, 0) is 11.3 Å². The molecular formula is C14H15NO2S. The Labute approximate surface area is 110 Å². The molecule has 0 aliphatic carbocycles. The quantitative estimate of drug-likeness (QED) is 0.920. The van der Waals surface area contributed by atoms with Gasteiger partial charge in [-0.1, -0.05) is 18.2 Å². The number of carbonyl (C=O) groups excluding carboxylic acids is 1. The highest BCUT2D eigenvalue weighted by Crippen LogP contribution is 2.28. The Kier molecular flexibility index (Phi) is 3.06. The summed E-state index contributed by atoms with van der Waals surface area (Å²) < 4.78 is 1.26. The number of nitrogens with zero attached hydrogens (tertiary/aromatic N) is 1. The van der Waals surface area contributed by atoms with Gasteiger partial charge in [-0.05, 0) is 17.5 Å². The molecule has 1 atom stereocenters. The molecule has 4 heteroatoms. The van der Waals surface area contributed by atoms with E-state index < -0.39 is 0 Å². The fourth-order valence-corrected chi connectivity index (χ4v) is 3.51. The number of aliphatic hydroxyl groups excluding tert-OH is 1. The van der Waals surface area contributed by atoms with Gasteiger partial charge in [-0.2, -0.15) is 0 Å². The Morgan fingerprint density at radius 2 is 2.22 bits per heavy atom. The van der Waals surface area contributed by atoms with Crippen LogP contribution in [0.2, 0.25) is 0 Å². The molecule has 1 unspecified atom stereocenters. The van der Waals surface area contributed by atoms with E-state index in [-0.39, 0.29) is 18.4 Å². The van der Waals surface area contributed by atoms with Gasteiger partial charge < -0.3 is 10.0 Å². The summed E-state index contributed by atoms with van der Waals surface area (Å²) in [6.45, 7) is 1.47.